The van der Waals surface area contributed by atoms with Gasteiger partial charge in [-0.25, -0.2) is 4.79 Å². The number of carbonyl (C=O) groups excluding carboxylic acids is 1. The molecule has 3 aromatic carbocycles. The Bertz CT molecular complexity index is 1140. The molecule has 0 unspecified atom stereocenters. The standard InChI is InChI=1S/C23H17ClN2O3/c1-28-20-12-10-19(11-13-20)26-22(15-21(25-26)16-6-3-2-4-7-16)29-23(27)17-8-5-9-18(24)14-17/h2-15H,1H3. The van der Waals surface area contributed by atoms with E-state index in [4.69, 9.17) is 21.1 Å². The molecule has 0 aliphatic heterocycles. The van der Waals surface area contributed by atoms with Gasteiger partial charge in [-0.15, -0.1) is 0 Å². The van der Waals surface area contributed by atoms with Gasteiger partial charge in [-0.05, 0) is 42.5 Å². The molecule has 4 aromatic rings. The molecule has 0 spiro atoms. The number of carbonyl (C=O) groups is 1. The number of hydrogen-bond acceptors (Lipinski definition) is 4. The minimum atomic E-state index is -0.512. The van der Waals surface area contributed by atoms with Gasteiger partial charge in [0.05, 0.1) is 24.1 Å². The molecule has 1 aromatic heterocycles. The molecule has 0 aliphatic carbocycles. The number of nitrogens with zero attached hydrogens (tertiary/aromatic N) is 2. The molecule has 29 heavy (non-hydrogen) atoms. The number of halogens is 1. The Labute approximate surface area is 173 Å². The van der Waals surface area contributed by atoms with Crippen molar-refractivity contribution in [1.82, 2.24) is 9.78 Å². The molecule has 1 heterocycles. The van der Waals surface area contributed by atoms with Crippen LogP contribution in [0.5, 0.6) is 11.6 Å². The maximum absolute atomic E-state index is 12.7. The highest BCUT2D eigenvalue weighted by molar-refractivity contribution is 6.30. The molecule has 0 saturated heterocycles. The summed E-state index contributed by atoms with van der Waals surface area (Å²) >= 11 is 5.99. The van der Waals surface area contributed by atoms with Crippen molar-refractivity contribution >= 4 is 17.6 Å². The van der Waals surface area contributed by atoms with Crippen molar-refractivity contribution in [3.8, 4) is 28.6 Å². The van der Waals surface area contributed by atoms with E-state index in [1.807, 2.05) is 54.6 Å². The number of aromatic nitrogens is 2. The highest BCUT2D eigenvalue weighted by Crippen LogP contribution is 2.28. The largest absolute Gasteiger partial charge is 0.497 e. The fraction of sp³-hybridized carbons (Fsp3) is 0.0435. The van der Waals surface area contributed by atoms with Crippen LogP contribution in [0.2, 0.25) is 5.02 Å². The van der Waals surface area contributed by atoms with E-state index in [0.29, 0.717) is 22.2 Å². The van der Waals surface area contributed by atoms with E-state index in [2.05, 4.69) is 5.10 Å². The highest BCUT2D eigenvalue weighted by atomic mass is 35.5. The SMILES string of the molecule is COc1ccc(-n2nc(-c3ccccc3)cc2OC(=O)c2cccc(Cl)c2)cc1. The van der Waals surface area contributed by atoms with Gasteiger partial charge in [-0.1, -0.05) is 48.0 Å². The zero-order valence-corrected chi connectivity index (χ0v) is 16.3. The Kier molecular flexibility index (Phi) is 5.31. The summed E-state index contributed by atoms with van der Waals surface area (Å²) in [5.41, 5.74) is 2.71. The number of methoxy groups -OCH3 is 1. The van der Waals surface area contributed by atoms with E-state index in [0.717, 1.165) is 17.0 Å². The quantitative estimate of drug-likeness (QED) is 0.417. The zero-order chi connectivity index (χ0) is 20.2. The van der Waals surface area contributed by atoms with E-state index < -0.39 is 5.97 Å². The van der Waals surface area contributed by atoms with Crippen LogP contribution >= 0.6 is 11.6 Å². The Morgan fingerprint density at radius 1 is 0.931 bits per heavy atom. The van der Waals surface area contributed by atoms with Gasteiger partial charge in [0.15, 0.2) is 0 Å². The van der Waals surface area contributed by atoms with Gasteiger partial charge >= 0.3 is 5.97 Å². The molecule has 0 amide bonds. The topological polar surface area (TPSA) is 53.4 Å². The molecule has 0 N–H and O–H groups in total. The first-order chi connectivity index (χ1) is 14.1. The van der Waals surface area contributed by atoms with Crippen molar-refractivity contribution in [3.63, 3.8) is 0 Å². The molecule has 0 atom stereocenters. The fourth-order valence-corrected chi connectivity index (χ4v) is 3.05. The molecule has 0 aliphatic rings. The Balaban J connectivity index is 1.74. The molecule has 5 nitrogen and oxygen atoms in total. The maximum Gasteiger partial charge on any atom is 0.344 e. The second kappa shape index (κ2) is 8.20. The number of benzene rings is 3. The summed E-state index contributed by atoms with van der Waals surface area (Å²) in [4.78, 5) is 12.7. The van der Waals surface area contributed by atoms with Gasteiger partial charge in [0.1, 0.15) is 5.75 Å². The van der Waals surface area contributed by atoms with Crippen molar-refractivity contribution in [2.24, 2.45) is 0 Å². The normalized spacial score (nSPS) is 10.6. The molecule has 6 heteroatoms. The Morgan fingerprint density at radius 2 is 1.69 bits per heavy atom. The predicted octanol–water partition coefficient (Wildman–Crippen LogP) is 5.42. The molecule has 4 rings (SSSR count). The van der Waals surface area contributed by atoms with Crippen LogP contribution in [0.4, 0.5) is 0 Å². The minimum absolute atomic E-state index is 0.305. The lowest BCUT2D eigenvalue weighted by Crippen LogP contribution is -2.11. The van der Waals surface area contributed by atoms with E-state index in [1.165, 1.54) is 0 Å². The van der Waals surface area contributed by atoms with Crippen LogP contribution < -0.4 is 9.47 Å². The second-order valence-electron chi connectivity index (χ2n) is 6.24. The summed E-state index contributed by atoms with van der Waals surface area (Å²) < 4.78 is 12.5. The molecule has 0 bridgehead atoms. The Hall–Kier alpha value is -3.57. The van der Waals surface area contributed by atoms with Crippen LogP contribution in [0.1, 0.15) is 10.4 Å². The van der Waals surface area contributed by atoms with E-state index >= 15 is 0 Å². The first-order valence-corrected chi connectivity index (χ1v) is 9.29. The third-order valence-electron chi connectivity index (χ3n) is 4.32. The lowest BCUT2D eigenvalue weighted by Gasteiger charge is -2.09. The van der Waals surface area contributed by atoms with Crippen LogP contribution in [0, 0.1) is 0 Å². The average Bonchev–Trinajstić information content (AvgIpc) is 3.18. The first kappa shape index (κ1) is 18.8. The molecular formula is C23H17ClN2O3. The van der Waals surface area contributed by atoms with Gasteiger partial charge in [0.25, 0.3) is 0 Å². The van der Waals surface area contributed by atoms with Gasteiger partial charge in [-0.3, -0.25) is 0 Å². The van der Waals surface area contributed by atoms with Gasteiger partial charge in [0, 0.05) is 16.7 Å². The molecule has 144 valence electrons. The van der Waals surface area contributed by atoms with E-state index in [-0.39, 0.29) is 0 Å². The number of esters is 1. The lowest BCUT2D eigenvalue weighted by molar-refractivity contribution is 0.0723. The Morgan fingerprint density at radius 3 is 2.38 bits per heavy atom. The summed E-state index contributed by atoms with van der Waals surface area (Å²) in [6, 6.07) is 25.4. The zero-order valence-electron chi connectivity index (χ0n) is 15.6. The summed E-state index contributed by atoms with van der Waals surface area (Å²) in [6.07, 6.45) is 0. The van der Waals surface area contributed by atoms with Crippen molar-refractivity contribution < 1.29 is 14.3 Å². The van der Waals surface area contributed by atoms with Crippen molar-refractivity contribution in [2.45, 2.75) is 0 Å². The van der Waals surface area contributed by atoms with Gasteiger partial charge in [0.2, 0.25) is 5.88 Å². The van der Waals surface area contributed by atoms with Crippen LogP contribution in [0.25, 0.3) is 16.9 Å². The summed E-state index contributed by atoms with van der Waals surface area (Å²) in [5.74, 6) is 0.516. The number of ether oxygens (including phenoxy) is 2. The summed E-state index contributed by atoms with van der Waals surface area (Å²) in [7, 11) is 1.61. The average molecular weight is 405 g/mol. The maximum atomic E-state index is 12.7. The molecule has 0 fully saturated rings. The number of hydrogen-bond donors (Lipinski definition) is 0. The third-order valence-corrected chi connectivity index (χ3v) is 4.56. The smallest absolute Gasteiger partial charge is 0.344 e. The molecule has 0 saturated carbocycles. The van der Waals surface area contributed by atoms with Gasteiger partial charge < -0.3 is 9.47 Å². The van der Waals surface area contributed by atoms with Crippen LogP contribution in [-0.4, -0.2) is 22.9 Å². The summed E-state index contributed by atoms with van der Waals surface area (Å²) in [6.45, 7) is 0. The van der Waals surface area contributed by atoms with Crippen molar-refractivity contribution in [2.75, 3.05) is 7.11 Å². The molecule has 0 radical (unpaired) electrons. The van der Waals surface area contributed by atoms with Crippen LogP contribution in [0.3, 0.4) is 0 Å². The monoisotopic (exact) mass is 404 g/mol. The van der Waals surface area contributed by atoms with Crippen LogP contribution in [-0.2, 0) is 0 Å². The second-order valence-corrected chi connectivity index (χ2v) is 6.68. The van der Waals surface area contributed by atoms with Crippen molar-refractivity contribution in [3.05, 3.63) is 95.5 Å². The first-order valence-electron chi connectivity index (χ1n) is 8.92. The van der Waals surface area contributed by atoms with E-state index in [9.17, 15) is 4.79 Å². The summed E-state index contributed by atoms with van der Waals surface area (Å²) in [5, 5.41) is 5.11. The number of rotatable bonds is 5. The molecular weight excluding hydrogens is 388 g/mol. The van der Waals surface area contributed by atoms with E-state index in [1.54, 1.807) is 42.1 Å². The third kappa shape index (κ3) is 4.15. The predicted molar refractivity (Wildman–Crippen MR) is 112 cm³/mol. The fourth-order valence-electron chi connectivity index (χ4n) is 2.86. The minimum Gasteiger partial charge on any atom is -0.497 e. The highest BCUT2D eigenvalue weighted by Gasteiger charge is 2.17. The van der Waals surface area contributed by atoms with Crippen molar-refractivity contribution in [1.29, 1.82) is 0 Å². The van der Waals surface area contributed by atoms with Gasteiger partial charge in [-0.2, -0.15) is 9.78 Å². The van der Waals surface area contributed by atoms with Crippen LogP contribution in [0.15, 0.2) is 84.9 Å². The lowest BCUT2D eigenvalue weighted by atomic mass is 10.2.